The van der Waals surface area contributed by atoms with Gasteiger partial charge in [0.25, 0.3) is 5.56 Å². The van der Waals surface area contributed by atoms with Crippen molar-refractivity contribution in [3.8, 4) is 0 Å². The third-order valence-corrected chi connectivity index (χ3v) is 8.61. The van der Waals surface area contributed by atoms with E-state index < -0.39 is 9.84 Å². The molecular formula is C23H25N3O4S2. The molecule has 0 saturated carbocycles. The number of aromatic nitrogens is 2. The Morgan fingerprint density at radius 1 is 1.19 bits per heavy atom. The van der Waals surface area contributed by atoms with Crippen molar-refractivity contribution in [1.82, 2.24) is 14.5 Å². The summed E-state index contributed by atoms with van der Waals surface area (Å²) in [5.41, 5.74) is 1.39. The summed E-state index contributed by atoms with van der Waals surface area (Å²) in [6, 6.07) is 16.3. The Hall–Kier alpha value is -2.65. The summed E-state index contributed by atoms with van der Waals surface area (Å²) in [6.07, 6.45) is 0.458. The predicted octanol–water partition coefficient (Wildman–Crippen LogP) is 2.74. The lowest BCUT2D eigenvalue weighted by Gasteiger charge is -2.24. The molecule has 0 bridgehead atoms. The first-order valence-corrected chi connectivity index (χ1v) is 13.2. The van der Waals surface area contributed by atoms with E-state index >= 15 is 0 Å². The standard InChI is InChI=1S/C23H25N3O4S2/c1-16(17-8-4-3-5-9-17)26-22(28)19-10-6-7-11-20(19)24-23(26)31-14-21(27)25(2)18-12-13-32(29,30)15-18/h3-11,16,18H,12-15H2,1-2H3/t16-,18+/m0/s1. The van der Waals surface area contributed by atoms with Crippen molar-refractivity contribution in [1.29, 1.82) is 0 Å². The molecule has 7 nitrogen and oxygen atoms in total. The highest BCUT2D eigenvalue weighted by molar-refractivity contribution is 7.99. The zero-order valence-electron chi connectivity index (χ0n) is 18.0. The van der Waals surface area contributed by atoms with Gasteiger partial charge in [-0.15, -0.1) is 0 Å². The van der Waals surface area contributed by atoms with Gasteiger partial charge in [0.2, 0.25) is 5.91 Å². The fraction of sp³-hybridized carbons (Fsp3) is 0.348. The Labute approximate surface area is 191 Å². The largest absolute Gasteiger partial charge is 0.341 e. The molecule has 0 aliphatic carbocycles. The number of fused-ring (bicyclic) bond motifs is 1. The van der Waals surface area contributed by atoms with Gasteiger partial charge in [0.05, 0.1) is 34.2 Å². The van der Waals surface area contributed by atoms with Crippen molar-refractivity contribution in [2.45, 2.75) is 30.6 Å². The molecule has 1 fully saturated rings. The molecule has 0 unspecified atom stereocenters. The van der Waals surface area contributed by atoms with Crippen LogP contribution in [0, 0.1) is 0 Å². The summed E-state index contributed by atoms with van der Waals surface area (Å²) in [4.78, 5) is 32.4. The highest BCUT2D eigenvalue weighted by Gasteiger charge is 2.32. The molecule has 1 aromatic heterocycles. The van der Waals surface area contributed by atoms with Crippen LogP contribution in [0.4, 0.5) is 0 Å². The Balaban J connectivity index is 1.64. The minimum atomic E-state index is -3.08. The summed E-state index contributed by atoms with van der Waals surface area (Å²) in [6.45, 7) is 1.94. The molecule has 2 atom stereocenters. The van der Waals surface area contributed by atoms with Crippen LogP contribution < -0.4 is 5.56 Å². The van der Waals surface area contributed by atoms with Crippen molar-refractivity contribution >= 4 is 38.4 Å². The van der Waals surface area contributed by atoms with Gasteiger partial charge in [-0.05, 0) is 31.0 Å². The number of thioether (sulfide) groups is 1. The zero-order chi connectivity index (χ0) is 22.9. The number of carbonyl (C=O) groups excluding carboxylic acids is 1. The van der Waals surface area contributed by atoms with Crippen LogP contribution in [0.25, 0.3) is 10.9 Å². The minimum absolute atomic E-state index is 0.00385. The SMILES string of the molecule is C[C@@H](c1ccccc1)n1c(SCC(=O)N(C)[C@@H]2CCS(=O)(=O)C2)nc2ccccc2c1=O. The van der Waals surface area contributed by atoms with Gasteiger partial charge in [-0.3, -0.25) is 14.2 Å². The highest BCUT2D eigenvalue weighted by atomic mass is 32.2. The number of para-hydroxylation sites is 1. The second-order valence-electron chi connectivity index (χ2n) is 8.02. The van der Waals surface area contributed by atoms with Crippen LogP contribution in [0.3, 0.4) is 0 Å². The number of rotatable bonds is 6. The number of benzene rings is 2. The van der Waals surface area contributed by atoms with E-state index in [2.05, 4.69) is 0 Å². The molecule has 4 rings (SSSR count). The van der Waals surface area contributed by atoms with Crippen molar-refractivity contribution in [3.63, 3.8) is 0 Å². The monoisotopic (exact) mass is 471 g/mol. The van der Waals surface area contributed by atoms with Gasteiger partial charge in [0.1, 0.15) is 0 Å². The first-order valence-electron chi connectivity index (χ1n) is 10.4. The molecule has 1 saturated heterocycles. The number of sulfone groups is 1. The third-order valence-electron chi connectivity index (χ3n) is 5.92. The predicted molar refractivity (Wildman–Crippen MR) is 127 cm³/mol. The molecule has 1 aliphatic rings. The number of amides is 1. The number of hydrogen-bond donors (Lipinski definition) is 0. The van der Waals surface area contributed by atoms with Gasteiger partial charge in [0.15, 0.2) is 15.0 Å². The van der Waals surface area contributed by atoms with Crippen LogP contribution in [0.2, 0.25) is 0 Å². The summed E-state index contributed by atoms with van der Waals surface area (Å²) in [5, 5.41) is 0.991. The molecule has 3 aromatic rings. The molecule has 168 valence electrons. The second-order valence-corrected chi connectivity index (χ2v) is 11.2. The minimum Gasteiger partial charge on any atom is -0.341 e. The lowest BCUT2D eigenvalue weighted by atomic mass is 10.1. The fourth-order valence-electron chi connectivity index (χ4n) is 3.96. The maximum absolute atomic E-state index is 13.4. The molecule has 2 aromatic carbocycles. The quantitative estimate of drug-likeness (QED) is 0.406. The second kappa shape index (κ2) is 9.07. The number of carbonyl (C=O) groups is 1. The summed E-state index contributed by atoms with van der Waals surface area (Å²) in [5.74, 6) is 0.00450. The van der Waals surface area contributed by atoms with E-state index in [-0.39, 0.29) is 40.8 Å². The maximum atomic E-state index is 13.4. The molecule has 0 spiro atoms. The Morgan fingerprint density at radius 3 is 2.56 bits per heavy atom. The summed E-state index contributed by atoms with van der Waals surface area (Å²) >= 11 is 1.21. The third kappa shape index (κ3) is 4.59. The van der Waals surface area contributed by atoms with Crippen molar-refractivity contribution in [2.24, 2.45) is 0 Å². The molecule has 1 amide bonds. The van der Waals surface area contributed by atoms with E-state index in [4.69, 9.17) is 4.98 Å². The van der Waals surface area contributed by atoms with Gasteiger partial charge < -0.3 is 4.90 Å². The van der Waals surface area contributed by atoms with Crippen molar-refractivity contribution in [2.75, 3.05) is 24.3 Å². The Bertz CT molecular complexity index is 1310. The molecule has 32 heavy (non-hydrogen) atoms. The normalized spacial score (nSPS) is 18.5. The fourth-order valence-corrected chi connectivity index (χ4v) is 6.74. The number of hydrogen-bond acceptors (Lipinski definition) is 6. The Morgan fingerprint density at radius 2 is 1.88 bits per heavy atom. The van der Waals surface area contributed by atoms with Crippen molar-refractivity contribution in [3.05, 3.63) is 70.5 Å². The molecule has 0 N–H and O–H groups in total. The summed E-state index contributed by atoms with van der Waals surface area (Å²) < 4.78 is 25.2. The van der Waals surface area contributed by atoms with E-state index in [1.165, 1.54) is 16.7 Å². The molecule has 2 heterocycles. The Kier molecular flexibility index (Phi) is 6.39. The average Bonchev–Trinajstić information content (AvgIpc) is 3.16. The van der Waals surface area contributed by atoms with E-state index in [0.29, 0.717) is 22.5 Å². The van der Waals surface area contributed by atoms with Crippen LogP contribution in [0.5, 0.6) is 0 Å². The first-order chi connectivity index (χ1) is 15.3. The lowest BCUT2D eigenvalue weighted by Crippen LogP contribution is -2.39. The molecule has 0 radical (unpaired) electrons. The van der Waals surface area contributed by atoms with E-state index in [1.807, 2.05) is 49.4 Å². The highest BCUT2D eigenvalue weighted by Crippen LogP contribution is 2.26. The van der Waals surface area contributed by atoms with Gasteiger partial charge in [0, 0.05) is 13.1 Å². The first kappa shape index (κ1) is 22.5. The van der Waals surface area contributed by atoms with Crippen LogP contribution in [0.15, 0.2) is 64.5 Å². The topological polar surface area (TPSA) is 89.3 Å². The lowest BCUT2D eigenvalue weighted by molar-refractivity contribution is -0.128. The van der Waals surface area contributed by atoms with E-state index in [1.54, 1.807) is 23.7 Å². The smallest absolute Gasteiger partial charge is 0.262 e. The van der Waals surface area contributed by atoms with Gasteiger partial charge in [-0.1, -0.05) is 54.2 Å². The van der Waals surface area contributed by atoms with E-state index in [9.17, 15) is 18.0 Å². The van der Waals surface area contributed by atoms with Crippen LogP contribution in [0.1, 0.15) is 24.9 Å². The van der Waals surface area contributed by atoms with Crippen molar-refractivity contribution < 1.29 is 13.2 Å². The molecule has 1 aliphatic heterocycles. The van der Waals surface area contributed by atoms with Crippen LogP contribution in [-0.4, -0.2) is 59.1 Å². The molecule has 9 heteroatoms. The van der Waals surface area contributed by atoms with Gasteiger partial charge >= 0.3 is 0 Å². The van der Waals surface area contributed by atoms with E-state index in [0.717, 1.165) is 5.56 Å². The van der Waals surface area contributed by atoms with Gasteiger partial charge in [-0.2, -0.15) is 0 Å². The van der Waals surface area contributed by atoms with Crippen LogP contribution >= 0.6 is 11.8 Å². The summed E-state index contributed by atoms with van der Waals surface area (Å²) in [7, 11) is -1.44. The van der Waals surface area contributed by atoms with Crippen LogP contribution in [-0.2, 0) is 14.6 Å². The number of nitrogens with zero attached hydrogens (tertiary/aromatic N) is 3. The van der Waals surface area contributed by atoms with Gasteiger partial charge in [-0.25, -0.2) is 13.4 Å². The molecular weight excluding hydrogens is 446 g/mol. The average molecular weight is 472 g/mol. The maximum Gasteiger partial charge on any atom is 0.262 e. The zero-order valence-corrected chi connectivity index (χ0v) is 19.6.